The first-order valence-corrected chi connectivity index (χ1v) is 13.1. The Morgan fingerprint density at radius 2 is 1.97 bits per heavy atom. The standard InChI is InChI=1S/C28H34N6O3/c1-18-30-23-14-20(33-10-9-32-11-12-37-17-21(32)16-33)5-6-22(23)26(35)34(18)8-7-19-13-24-25(29-15-19)28(2,3)27(36)31(24)4/h5-6,13-15,21H,7-12,16-17H2,1-4H3/t21-/m0/s1. The Balaban J connectivity index is 1.23. The number of aromatic nitrogens is 3. The molecule has 1 aromatic carbocycles. The Morgan fingerprint density at radius 1 is 1.14 bits per heavy atom. The molecule has 3 aliphatic rings. The van der Waals surface area contributed by atoms with E-state index >= 15 is 0 Å². The van der Waals surface area contributed by atoms with E-state index in [0.717, 1.165) is 67.5 Å². The lowest BCUT2D eigenvalue weighted by Crippen LogP contribution is -2.58. The lowest BCUT2D eigenvalue weighted by atomic mass is 9.90. The summed E-state index contributed by atoms with van der Waals surface area (Å²) in [6, 6.07) is 8.45. The van der Waals surface area contributed by atoms with E-state index in [9.17, 15) is 9.59 Å². The van der Waals surface area contributed by atoms with E-state index < -0.39 is 5.41 Å². The van der Waals surface area contributed by atoms with Gasteiger partial charge in [0.05, 0.1) is 47.0 Å². The number of amides is 1. The number of carbonyl (C=O) groups excluding carboxylic acids is 1. The number of carbonyl (C=O) groups is 1. The molecular weight excluding hydrogens is 468 g/mol. The number of morpholine rings is 1. The second kappa shape index (κ2) is 8.92. The van der Waals surface area contributed by atoms with Gasteiger partial charge in [0.2, 0.25) is 5.91 Å². The van der Waals surface area contributed by atoms with Crippen LogP contribution in [0.1, 0.15) is 30.9 Å². The monoisotopic (exact) mass is 502 g/mol. The minimum Gasteiger partial charge on any atom is -0.378 e. The number of anilines is 2. The molecular formula is C28H34N6O3. The van der Waals surface area contributed by atoms with Crippen LogP contribution in [0.15, 0.2) is 35.3 Å². The van der Waals surface area contributed by atoms with Gasteiger partial charge in [0.25, 0.3) is 5.56 Å². The molecule has 0 N–H and O–H groups in total. The van der Waals surface area contributed by atoms with E-state index in [4.69, 9.17) is 9.72 Å². The fourth-order valence-electron chi connectivity index (χ4n) is 6.00. The van der Waals surface area contributed by atoms with E-state index in [2.05, 4.69) is 14.8 Å². The highest BCUT2D eigenvalue weighted by molar-refractivity contribution is 6.06. The number of likely N-dealkylation sites (N-methyl/N-ethyl adjacent to an activating group) is 1. The molecule has 2 aromatic heterocycles. The van der Waals surface area contributed by atoms with Crippen molar-refractivity contribution in [1.29, 1.82) is 0 Å². The van der Waals surface area contributed by atoms with E-state index in [-0.39, 0.29) is 11.5 Å². The van der Waals surface area contributed by atoms with Crippen LogP contribution in [0, 0.1) is 6.92 Å². The van der Waals surface area contributed by atoms with Crippen molar-refractivity contribution in [2.75, 3.05) is 56.2 Å². The molecule has 6 rings (SSSR count). The highest BCUT2D eigenvalue weighted by atomic mass is 16.5. The molecule has 1 amide bonds. The quantitative estimate of drug-likeness (QED) is 0.540. The molecule has 0 spiro atoms. The maximum atomic E-state index is 13.4. The Morgan fingerprint density at radius 3 is 2.81 bits per heavy atom. The highest BCUT2D eigenvalue weighted by Crippen LogP contribution is 2.39. The van der Waals surface area contributed by atoms with E-state index in [1.54, 1.807) is 16.5 Å². The number of nitrogens with zero attached hydrogens (tertiary/aromatic N) is 6. The second-order valence-electron chi connectivity index (χ2n) is 11.0. The normalized spacial score (nSPS) is 21.4. The zero-order valence-corrected chi connectivity index (χ0v) is 22.0. The fraction of sp³-hybridized carbons (Fsp3) is 0.500. The molecule has 194 valence electrons. The first-order valence-electron chi connectivity index (χ1n) is 13.1. The molecule has 9 nitrogen and oxygen atoms in total. The van der Waals surface area contributed by atoms with Gasteiger partial charge in [0, 0.05) is 51.7 Å². The number of hydrogen-bond acceptors (Lipinski definition) is 7. The van der Waals surface area contributed by atoms with Gasteiger partial charge in [0.15, 0.2) is 0 Å². The van der Waals surface area contributed by atoms with Gasteiger partial charge in [-0.15, -0.1) is 0 Å². The molecule has 0 radical (unpaired) electrons. The Hall–Kier alpha value is -3.30. The van der Waals surface area contributed by atoms with Gasteiger partial charge < -0.3 is 14.5 Å². The SMILES string of the molecule is Cc1nc2cc(N3CCN4CCOC[C@@H]4C3)ccc2c(=O)n1CCc1cnc2c(c1)N(C)C(=O)C2(C)C. The van der Waals surface area contributed by atoms with E-state index in [1.165, 1.54) is 0 Å². The second-order valence-corrected chi connectivity index (χ2v) is 11.0. The average Bonchev–Trinajstić information content (AvgIpc) is 3.07. The van der Waals surface area contributed by atoms with Crippen LogP contribution >= 0.6 is 0 Å². The summed E-state index contributed by atoms with van der Waals surface area (Å²) in [5.41, 5.74) is 3.84. The van der Waals surface area contributed by atoms with E-state index in [0.29, 0.717) is 30.2 Å². The van der Waals surface area contributed by atoms with Crippen molar-refractivity contribution in [1.82, 2.24) is 19.4 Å². The third-order valence-corrected chi connectivity index (χ3v) is 8.27. The molecule has 2 saturated heterocycles. The summed E-state index contributed by atoms with van der Waals surface area (Å²) < 4.78 is 7.43. The number of ether oxygens (including phenoxy) is 1. The van der Waals surface area contributed by atoms with Crippen LogP contribution < -0.4 is 15.4 Å². The number of aryl methyl sites for hydroxylation is 2. The van der Waals surface area contributed by atoms with Crippen molar-refractivity contribution < 1.29 is 9.53 Å². The molecule has 37 heavy (non-hydrogen) atoms. The topological polar surface area (TPSA) is 83.8 Å². The number of hydrogen-bond donors (Lipinski definition) is 0. The first-order chi connectivity index (χ1) is 17.7. The van der Waals surface area contributed by atoms with Gasteiger partial charge >= 0.3 is 0 Å². The van der Waals surface area contributed by atoms with Crippen LogP contribution in [-0.2, 0) is 27.9 Å². The molecule has 5 heterocycles. The zero-order valence-electron chi connectivity index (χ0n) is 22.0. The molecule has 0 unspecified atom stereocenters. The Bertz CT molecular complexity index is 1450. The first kappa shape index (κ1) is 24.1. The highest BCUT2D eigenvalue weighted by Gasteiger charge is 2.43. The maximum Gasteiger partial charge on any atom is 0.261 e. The number of piperazine rings is 1. The third kappa shape index (κ3) is 4.01. The molecule has 3 aliphatic heterocycles. The van der Waals surface area contributed by atoms with Crippen LogP contribution in [0.2, 0.25) is 0 Å². The van der Waals surface area contributed by atoms with Gasteiger partial charge in [0.1, 0.15) is 5.82 Å². The zero-order chi connectivity index (χ0) is 25.9. The lowest BCUT2D eigenvalue weighted by molar-refractivity contribution is -0.121. The fourth-order valence-corrected chi connectivity index (χ4v) is 6.00. The van der Waals surface area contributed by atoms with Gasteiger partial charge in [-0.05, 0) is 57.0 Å². The molecule has 0 aliphatic carbocycles. The number of rotatable bonds is 4. The smallest absolute Gasteiger partial charge is 0.261 e. The maximum absolute atomic E-state index is 13.4. The molecule has 0 saturated carbocycles. The van der Waals surface area contributed by atoms with Crippen molar-refractivity contribution in [2.45, 2.75) is 45.2 Å². The largest absolute Gasteiger partial charge is 0.378 e. The predicted octanol–water partition coefficient (Wildman–Crippen LogP) is 2.12. The van der Waals surface area contributed by atoms with Crippen LogP contribution in [0.3, 0.4) is 0 Å². The van der Waals surface area contributed by atoms with Crippen LogP contribution in [0.4, 0.5) is 11.4 Å². The van der Waals surface area contributed by atoms with Gasteiger partial charge in [-0.2, -0.15) is 0 Å². The summed E-state index contributed by atoms with van der Waals surface area (Å²) >= 11 is 0. The minimum absolute atomic E-state index is 0.0258. The summed E-state index contributed by atoms with van der Waals surface area (Å²) in [6.07, 6.45) is 2.45. The summed E-state index contributed by atoms with van der Waals surface area (Å²) in [4.78, 5) is 42.0. The van der Waals surface area contributed by atoms with Gasteiger partial charge in [-0.1, -0.05) is 0 Å². The summed E-state index contributed by atoms with van der Waals surface area (Å²) in [5, 5.41) is 0.633. The number of fused-ring (bicyclic) bond motifs is 3. The van der Waals surface area contributed by atoms with Crippen molar-refractivity contribution in [2.24, 2.45) is 0 Å². The van der Waals surface area contributed by atoms with Gasteiger partial charge in [-0.25, -0.2) is 4.98 Å². The minimum atomic E-state index is -0.616. The van der Waals surface area contributed by atoms with Crippen molar-refractivity contribution in [3.63, 3.8) is 0 Å². The van der Waals surface area contributed by atoms with Crippen LogP contribution in [0.25, 0.3) is 10.9 Å². The van der Waals surface area contributed by atoms with Crippen LogP contribution in [0.5, 0.6) is 0 Å². The van der Waals surface area contributed by atoms with Crippen molar-refractivity contribution in [3.8, 4) is 0 Å². The predicted molar refractivity (Wildman–Crippen MR) is 144 cm³/mol. The molecule has 9 heteroatoms. The lowest BCUT2D eigenvalue weighted by Gasteiger charge is -2.44. The van der Waals surface area contributed by atoms with Gasteiger partial charge in [-0.3, -0.25) is 24.0 Å². The van der Waals surface area contributed by atoms with E-state index in [1.807, 2.05) is 51.2 Å². The van der Waals surface area contributed by atoms with Crippen molar-refractivity contribution >= 4 is 28.2 Å². The summed E-state index contributed by atoms with van der Waals surface area (Å²) in [5.74, 6) is 0.744. The third-order valence-electron chi connectivity index (χ3n) is 8.27. The molecule has 2 fully saturated rings. The Kier molecular flexibility index (Phi) is 5.80. The van der Waals surface area contributed by atoms with Crippen molar-refractivity contribution in [3.05, 3.63) is 57.9 Å². The number of benzene rings is 1. The summed E-state index contributed by atoms with van der Waals surface area (Å²) in [7, 11) is 1.79. The van der Waals surface area contributed by atoms with Crippen LogP contribution in [-0.4, -0.2) is 77.8 Å². The average molecular weight is 503 g/mol. The molecule has 0 bridgehead atoms. The number of pyridine rings is 1. The molecule has 3 aromatic rings. The molecule has 1 atom stereocenters. The summed E-state index contributed by atoms with van der Waals surface area (Å²) in [6.45, 7) is 11.7. The Labute approximate surface area is 216 Å².